The fraction of sp³-hybridized carbons (Fsp3) is 0.154. The maximum absolute atomic E-state index is 13.7. The van der Waals surface area contributed by atoms with Crippen molar-refractivity contribution in [1.29, 1.82) is 0 Å². The molecule has 0 aliphatic carbocycles. The van der Waals surface area contributed by atoms with Crippen molar-refractivity contribution in [2.45, 2.75) is 6.92 Å². The Balaban J connectivity index is 2.72. The van der Waals surface area contributed by atoms with Gasteiger partial charge in [0.05, 0.1) is 5.56 Å². The molecular weight excluding hydrogens is 227 g/mol. The number of hydrogen-bond acceptors (Lipinski definition) is 0. The van der Waals surface area contributed by atoms with Gasteiger partial charge in [-0.15, -0.1) is 0 Å². The van der Waals surface area contributed by atoms with Gasteiger partial charge in [0.25, 0.3) is 0 Å². The lowest BCUT2D eigenvalue weighted by Crippen LogP contribution is -2.31. The van der Waals surface area contributed by atoms with Crippen LogP contribution in [0.2, 0.25) is 0 Å². The van der Waals surface area contributed by atoms with E-state index < -0.39 is 17.5 Å². The monoisotopic (exact) mass is 238 g/mol. The normalized spacial score (nSPS) is 10.6. The number of aromatic nitrogens is 1. The fourth-order valence-electron chi connectivity index (χ4n) is 1.82. The Bertz CT molecular complexity index is 556. The van der Waals surface area contributed by atoms with Crippen molar-refractivity contribution < 1.29 is 17.7 Å². The molecule has 0 unspecified atom stereocenters. The zero-order valence-electron chi connectivity index (χ0n) is 9.47. The summed E-state index contributed by atoms with van der Waals surface area (Å²) in [7, 11) is 1.68. The van der Waals surface area contributed by atoms with Gasteiger partial charge in [-0.2, -0.15) is 0 Å². The van der Waals surface area contributed by atoms with Crippen LogP contribution in [0.3, 0.4) is 0 Å². The van der Waals surface area contributed by atoms with E-state index in [0.717, 1.165) is 6.07 Å². The summed E-state index contributed by atoms with van der Waals surface area (Å²) in [4.78, 5) is 0. The van der Waals surface area contributed by atoms with Gasteiger partial charge in [-0.25, -0.2) is 17.7 Å². The van der Waals surface area contributed by atoms with Crippen LogP contribution in [0.1, 0.15) is 5.56 Å². The van der Waals surface area contributed by atoms with Crippen molar-refractivity contribution in [2.24, 2.45) is 7.05 Å². The minimum absolute atomic E-state index is 0.216. The number of halogens is 3. The highest BCUT2D eigenvalue weighted by molar-refractivity contribution is 5.61. The molecule has 0 radical (unpaired) electrons. The van der Waals surface area contributed by atoms with Crippen molar-refractivity contribution in [3.63, 3.8) is 0 Å². The van der Waals surface area contributed by atoms with Gasteiger partial charge in [0.15, 0.2) is 6.20 Å². The first-order valence-electron chi connectivity index (χ1n) is 5.10. The average molecular weight is 238 g/mol. The average Bonchev–Trinajstić information content (AvgIpc) is 2.21. The summed E-state index contributed by atoms with van der Waals surface area (Å²) in [6.07, 6.45) is 1.49. The Morgan fingerprint density at radius 3 is 2.35 bits per heavy atom. The fourth-order valence-corrected chi connectivity index (χ4v) is 1.82. The number of nitrogens with zero attached hydrogens (tertiary/aromatic N) is 1. The summed E-state index contributed by atoms with van der Waals surface area (Å²) in [6.45, 7) is 1.59. The van der Waals surface area contributed by atoms with Crippen molar-refractivity contribution in [2.75, 3.05) is 0 Å². The molecule has 0 spiro atoms. The Labute approximate surface area is 97.1 Å². The first kappa shape index (κ1) is 11.6. The van der Waals surface area contributed by atoms with Crippen LogP contribution in [0.25, 0.3) is 11.3 Å². The SMILES string of the molecule is Cc1cc(F)cc(F)c1-c1cc(F)cc[n+]1C. The Kier molecular flexibility index (Phi) is 2.88. The highest BCUT2D eigenvalue weighted by Crippen LogP contribution is 2.25. The maximum Gasteiger partial charge on any atom is 0.218 e. The summed E-state index contributed by atoms with van der Waals surface area (Å²) in [5, 5.41) is 0. The van der Waals surface area contributed by atoms with Gasteiger partial charge >= 0.3 is 0 Å². The van der Waals surface area contributed by atoms with Crippen molar-refractivity contribution in [3.05, 3.63) is 53.5 Å². The third-order valence-electron chi connectivity index (χ3n) is 2.62. The minimum atomic E-state index is -0.691. The highest BCUT2D eigenvalue weighted by Gasteiger charge is 2.19. The quantitative estimate of drug-likeness (QED) is 0.672. The predicted octanol–water partition coefficient (Wildman–Crippen LogP) is 2.90. The maximum atomic E-state index is 13.7. The van der Waals surface area contributed by atoms with E-state index in [2.05, 4.69) is 0 Å². The van der Waals surface area contributed by atoms with Crippen LogP contribution >= 0.6 is 0 Å². The van der Waals surface area contributed by atoms with Crippen LogP contribution in [-0.4, -0.2) is 0 Å². The van der Waals surface area contributed by atoms with Crippen LogP contribution in [-0.2, 0) is 7.05 Å². The third-order valence-corrected chi connectivity index (χ3v) is 2.62. The standard InChI is InChI=1S/C13H11F3N/c1-8-5-10(15)6-11(16)13(8)12-7-9(14)3-4-17(12)2/h3-7H,1-2H3/q+1. The summed E-state index contributed by atoms with van der Waals surface area (Å²) in [6, 6.07) is 4.53. The molecule has 0 aliphatic heterocycles. The van der Waals surface area contributed by atoms with Crippen molar-refractivity contribution >= 4 is 0 Å². The molecule has 0 bridgehead atoms. The molecule has 88 valence electrons. The second-order valence-electron chi connectivity index (χ2n) is 3.92. The molecule has 1 heterocycles. The lowest BCUT2D eigenvalue weighted by atomic mass is 10.0. The van der Waals surface area contributed by atoms with Gasteiger partial charge in [0, 0.05) is 18.2 Å². The molecule has 17 heavy (non-hydrogen) atoms. The molecule has 0 saturated heterocycles. The molecule has 0 atom stereocenters. The number of hydrogen-bond donors (Lipinski definition) is 0. The van der Waals surface area contributed by atoms with Crippen molar-refractivity contribution in [1.82, 2.24) is 0 Å². The van der Waals surface area contributed by atoms with Crippen LogP contribution in [0.15, 0.2) is 30.5 Å². The first-order valence-corrected chi connectivity index (χ1v) is 5.10. The summed E-state index contributed by atoms with van der Waals surface area (Å²) >= 11 is 0. The number of aryl methyl sites for hydroxylation is 2. The largest absolute Gasteiger partial charge is 0.218 e. The van der Waals surface area contributed by atoms with Gasteiger partial charge in [0.1, 0.15) is 24.5 Å². The Morgan fingerprint density at radius 2 is 1.71 bits per heavy atom. The van der Waals surface area contributed by atoms with E-state index >= 15 is 0 Å². The molecule has 2 rings (SSSR count). The van der Waals surface area contributed by atoms with E-state index in [9.17, 15) is 13.2 Å². The molecule has 4 heteroatoms. The predicted molar refractivity (Wildman–Crippen MR) is 57.7 cm³/mol. The van der Waals surface area contributed by atoms with Gasteiger partial charge < -0.3 is 0 Å². The zero-order chi connectivity index (χ0) is 12.6. The van der Waals surface area contributed by atoms with Crippen LogP contribution < -0.4 is 4.57 Å². The smallest absolute Gasteiger partial charge is 0.207 e. The van der Waals surface area contributed by atoms with Crippen LogP contribution in [0.5, 0.6) is 0 Å². The number of pyridine rings is 1. The molecule has 0 fully saturated rings. The molecule has 0 amide bonds. The van der Waals surface area contributed by atoms with E-state index in [1.165, 1.54) is 24.4 Å². The Morgan fingerprint density at radius 1 is 1.00 bits per heavy atom. The highest BCUT2D eigenvalue weighted by atomic mass is 19.1. The third kappa shape index (κ3) is 2.16. The molecule has 1 aromatic heterocycles. The molecule has 0 saturated carbocycles. The lowest BCUT2D eigenvalue weighted by Gasteiger charge is -2.06. The summed E-state index contributed by atoms with van der Waals surface area (Å²) in [5.74, 6) is -1.78. The second kappa shape index (κ2) is 4.20. The molecule has 0 aliphatic rings. The van der Waals surface area contributed by atoms with E-state index in [0.29, 0.717) is 11.3 Å². The molecular formula is C13H11F3N+. The van der Waals surface area contributed by atoms with Crippen LogP contribution in [0.4, 0.5) is 13.2 Å². The number of benzene rings is 1. The van der Waals surface area contributed by atoms with Gasteiger partial charge in [0.2, 0.25) is 5.69 Å². The van der Waals surface area contributed by atoms with E-state index in [1.54, 1.807) is 18.5 Å². The van der Waals surface area contributed by atoms with Crippen molar-refractivity contribution in [3.8, 4) is 11.3 Å². The van der Waals surface area contributed by atoms with Crippen LogP contribution in [0, 0.1) is 24.4 Å². The van der Waals surface area contributed by atoms with E-state index in [-0.39, 0.29) is 5.56 Å². The Hall–Kier alpha value is -1.84. The van der Waals surface area contributed by atoms with Gasteiger partial charge in [-0.05, 0) is 18.6 Å². The van der Waals surface area contributed by atoms with E-state index in [4.69, 9.17) is 0 Å². The molecule has 1 nitrogen and oxygen atoms in total. The summed E-state index contributed by atoms with van der Waals surface area (Å²) < 4.78 is 41.5. The number of rotatable bonds is 1. The molecule has 0 N–H and O–H groups in total. The van der Waals surface area contributed by atoms with E-state index in [1.807, 2.05) is 0 Å². The first-order chi connectivity index (χ1) is 7.99. The summed E-state index contributed by atoms with van der Waals surface area (Å²) in [5.41, 5.74) is 1.03. The lowest BCUT2D eigenvalue weighted by molar-refractivity contribution is -0.660. The zero-order valence-corrected chi connectivity index (χ0v) is 9.47. The molecule has 2 aromatic rings. The second-order valence-corrected chi connectivity index (χ2v) is 3.92. The van der Waals surface area contributed by atoms with Gasteiger partial charge in [-0.3, -0.25) is 0 Å². The van der Waals surface area contributed by atoms with Gasteiger partial charge in [-0.1, -0.05) is 0 Å². The topological polar surface area (TPSA) is 3.88 Å². The minimum Gasteiger partial charge on any atom is -0.207 e. The molecule has 1 aromatic carbocycles.